The number of nitrogens with one attached hydrogen (secondary N) is 2. The van der Waals surface area contributed by atoms with E-state index >= 15 is 0 Å². The summed E-state index contributed by atoms with van der Waals surface area (Å²) in [4.78, 5) is 28.6. The molecular formula is C24H24BN3O3. The van der Waals surface area contributed by atoms with Crippen molar-refractivity contribution in [1.82, 2.24) is 9.55 Å². The van der Waals surface area contributed by atoms with Crippen LogP contribution in [0, 0.1) is 0 Å². The first-order chi connectivity index (χ1) is 15.1. The number of hydrogen-bond acceptors (Lipinski definition) is 4. The van der Waals surface area contributed by atoms with Crippen LogP contribution in [-0.4, -0.2) is 24.0 Å². The lowest BCUT2D eigenvalue weighted by Gasteiger charge is -2.33. The van der Waals surface area contributed by atoms with Crippen LogP contribution in [0.4, 0.5) is 5.82 Å². The lowest BCUT2D eigenvalue weighted by atomic mass is 9.79. The molecule has 4 rings (SSSR count). The first-order valence-corrected chi connectivity index (χ1v) is 10.4. The molecule has 7 heteroatoms. The quantitative estimate of drug-likeness (QED) is 0.481. The van der Waals surface area contributed by atoms with Gasteiger partial charge in [0.1, 0.15) is 19.4 Å². The van der Waals surface area contributed by atoms with Crippen molar-refractivity contribution in [2.45, 2.75) is 19.2 Å². The summed E-state index contributed by atoms with van der Waals surface area (Å²) in [6.45, 7) is 6.51. The highest BCUT2D eigenvalue weighted by Crippen LogP contribution is 2.43. The third kappa shape index (κ3) is 3.63. The van der Waals surface area contributed by atoms with E-state index in [2.05, 4.69) is 16.9 Å². The van der Waals surface area contributed by atoms with Gasteiger partial charge in [-0.3, -0.25) is 9.78 Å². The Balaban J connectivity index is 2.07. The SMILES string of the molecule is BCC1=C(C(=C)OCC)C(c2ccccc2)c2c(n(-c3ccccc3)c(=O)[nH]c2=O)N1. The van der Waals surface area contributed by atoms with Gasteiger partial charge in [-0.2, -0.15) is 0 Å². The summed E-state index contributed by atoms with van der Waals surface area (Å²) in [7, 11) is 2.02. The summed E-state index contributed by atoms with van der Waals surface area (Å²) in [5.41, 5.74) is 2.84. The largest absolute Gasteiger partial charge is 0.494 e. The molecule has 0 spiro atoms. The average Bonchev–Trinajstić information content (AvgIpc) is 2.79. The molecule has 6 nitrogen and oxygen atoms in total. The second-order valence-electron chi connectivity index (χ2n) is 7.26. The van der Waals surface area contributed by atoms with Crippen LogP contribution in [0.25, 0.3) is 5.69 Å². The molecule has 1 atom stereocenters. The Kier molecular flexibility index (Phi) is 5.67. The van der Waals surface area contributed by atoms with Crippen LogP contribution in [0.1, 0.15) is 24.0 Å². The Bertz CT molecular complexity index is 1260. The van der Waals surface area contributed by atoms with E-state index in [0.717, 1.165) is 16.8 Å². The standard InChI is InChI=1S/C24H24BN3O3/c1-3-31-15(2)19-18(14-25)26-22-21(20(19)16-10-6-4-7-11-16)23(29)27-24(30)28(22)17-12-8-5-9-13-17/h4-13,20,26H,2-3,14,25H2,1H3,(H,27,29,30). The number of rotatable bonds is 6. The number of para-hydroxylation sites is 1. The second kappa shape index (κ2) is 8.56. The highest BCUT2D eigenvalue weighted by atomic mass is 16.5. The predicted molar refractivity (Wildman–Crippen MR) is 126 cm³/mol. The molecule has 156 valence electrons. The van der Waals surface area contributed by atoms with Crippen molar-refractivity contribution < 1.29 is 4.74 Å². The van der Waals surface area contributed by atoms with Crippen molar-refractivity contribution in [2.24, 2.45) is 0 Å². The van der Waals surface area contributed by atoms with Gasteiger partial charge in [0.05, 0.1) is 17.9 Å². The van der Waals surface area contributed by atoms with Crippen molar-refractivity contribution >= 4 is 13.7 Å². The molecule has 0 fully saturated rings. The Labute approximate surface area is 181 Å². The van der Waals surface area contributed by atoms with Gasteiger partial charge in [0.25, 0.3) is 5.56 Å². The van der Waals surface area contributed by atoms with E-state index in [1.165, 1.54) is 4.57 Å². The highest BCUT2D eigenvalue weighted by molar-refractivity contribution is 6.10. The second-order valence-corrected chi connectivity index (χ2v) is 7.26. The fourth-order valence-electron chi connectivity index (χ4n) is 4.13. The van der Waals surface area contributed by atoms with E-state index in [0.29, 0.717) is 35.8 Å². The van der Waals surface area contributed by atoms with E-state index in [1.807, 2.05) is 75.4 Å². The monoisotopic (exact) mass is 413 g/mol. The Morgan fingerprint density at radius 1 is 1.10 bits per heavy atom. The minimum Gasteiger partial charge on any atom is -0.494 e. The molecule has 1 unspecified atom stereocenters. The first-order valence-electron chi connectivity index (χ1n) is 10.4. The number of aromatic amines is 1. The Morgan fingerprint density at radius 3 is 2.35 bits per heavy atom. The number of hydrogen-bond donors (Lipinski definition) is 2. The minimum atomic E-state index is -0.489. The molecule has 31 heavy (non-hydrogen) atoms. The number of nitrogens with zero attached hydrogens (tertiary/aromatic N) is 1. The molecule has 3 aromatic rings. The van der Waals surface area contributed by atoms with Gasteiger partial charge in [0.2, 0.25) is 0 Å². The van der Waals surface area contributed by atoms with Crippen LogP contribution in [0.2, 0.25) is 6.32 Å². The molecule has 0 amide bonds. The van der Waals surface area contributed by atoms with Crippen LogP contribution in [0.15, 0.2) is 93.9 Å². The molecule has 2 heterocycles. The van der Waals surface area contributed by atoms with Crippen molar-refractivity contribution in [2.75, 3.05) is 11.9 Å². The predicted octanol–water partition coefficient (Wildman–Crippen LogP) is 2.94. The minimum absolute atomic E-state index is 0.425. The molecule has 0 aliphatic carbocycles. The molecule has 1 aliphatic heterocycles. The summed E-state index contributed by atoms with van der Waals surface area (Å²) < 4.78 is 7.30. The van der Waals surface area contributed by atoms with Crippen LogP contribution >= 0.6 is 0 Å². The maximum atomic E-state index is 13.2. The van der Waals surface area contributed by atoms with Crippen molar-refractivity contribution in [3.05, 3.63) is 116 Å². The smallest absolute Gasteiger partial charge is 0.334 e. The lowest BCUT2D eigenvalue weighted by Crippen LogP contribution is -2.38. The molecule has 2 N–H and O–H groups in total. The number of ether oxygens (including phenoxy) is 1. The molecule has 1 aromatic heterocycles. The van der Waals surface area contributed by atoms with Gasteiger partial charge in [-0.1, -0.05) is 55.1 Å². The van der Waals surface area contributed by atoms with Gasteiger partial charge in [0.15, 0.2) is 0 Å². The zero-order chi connectivity index (χ0) is 22.0. The van der Waals surface area contributed by atoms with Crippen molar-refractivity contribution in [3.63, 3.8) is 0 Å². The highest BCUT2D eigenvalue weighted by Gasteiger charge is 2.35. The zero-order valence-electron chi connectivity index (χ0n) is 17.6. The van der Waals surface area contributed by atoms with E-state index in [4.69, 9.17) is 4.74 Å². The summed E-state index contributed by atoms with van der Waals surface area (Å²) in [5, 5.41) is 3.37. The third-order valence-corrected chi connectivity index (χ3v) is 5.44. The molecule has 2 aromatic carbocycles. The van der Waals surface area contributed by atoms with Crippen molar-refractivity contribution in [3.8, 4) is 5.69 Å². The van der Waals surface area contributed by atoms with E-state index in [1.54, 1.807) is 0 Å². The van der Waals surface area contributed by atoms with Gasteiger partial charge in [0, 0.05) is 17.2 Å². The number of anilines is 1. The fourth-order valence-corrected chi connectivity index (χ4v) is 4.13. The first kappa shape index (κ1) is 20.5. The maximum Gasteiger partial charge on any atom is 0.334 e. The molecule has 0 bridgehead atoms. The van der Waals surface area contributed by atoms with Crippen LogP contribution < -0.4 is 16.6 Å². The lowest BCUT2D eigenvalue weighted by molar-refractivity contribution is 0.236. The van der Waals surface area contributed by atoms with Gasteiger partial charge in [-0.15, -0.1) is 0 Å². The maximum absolute atomic E-state index is 13.2. The van der Waals surface area contributed by atoms with E-state index < -0.39 is 17.2 Å². The molecule has 0 saturated carbocycles. The summed E-state index contributed by atoms with van der Waals surface area (Å²) in [5.74, 6) is 0.563. The van der Waals surface area contributed by atoms with Crippen LogP contribution in [0.5, 0.6) is 0 Å². The van der Waals surface area contributed by atoms with Crippen LogP contribution in [0.3, 0.4) is 0 Å². The number of allylic oxidation sites excluding steroid dienone is 2. The Hall–Kier alpha value is -3.74. The normalized spacial score (nSPS) is 15.2. The number of fused-ring (bicyclic) bond motifs is 1. The molecular weight excluding hydrogens is 389 g/mol. The van der Waals surface area contributed by atoms with E-state index in [9.17, 15) is 9.59 Å². The molecule has 0 radical (unpaired) electrons. The number of aromatic nitrogens is 2. The molecule has 0 saturated heterocycles. The van der Waals surface area contributed by atoms with Crippen LogP contribution in [-0.2, 0) is 4.74 Å². The zero-order valence-corrected chi connectivity index (χ0v) is 17.6. The van der Waals surface area contributed by atoms with E-state index in [-0.39, 0.29) is 0 Å². The Morgan fingerprint density at radius 2 is 1.74 bits per heavy atom. The fraction of sp³-hybridized carbons (Fsp3) is 0.167. The third-order valence-electron chi connectivity index (χ3n) is 5.44. The molecule has 1 aliphatic rings. The summed E-state index contributed by atoms with van der Waals surface area (Å²) >= 11 is 0. The van der Waals surface area contributed by atoms with Crippen molar-refractivity contribution in [1.29, 1.82) is 0 Å². The van der Waals surface area contributed by atoms with Gasteiger partial charge >= 0.3 is 5.69 Å². The summed E-state index contributed by atoms with van der Waals surface area (Å²) in [6, 6.07) is 19.0. The summed E-state index contributed by atoms with van der Waals surface area (Å²) in [6.07, 6.45) is 0.653. The number of benzene rings is 2. The topological polar surface area (TPSA) is 76.1 Å². The number of H-pyrrole nitrogens is 1. The van der Waals surface area contributed by atoms with Gasteiger partial charge < -0.3 is 10.1 Å². The van der Waals surface area contributed by atoms with Gasteiger partial charge in [-0.05, 0) is 30.9 Å². The van der Waals surface area contributed by atoms with Gasteiger partial charge in [-0.25, -0.2) is 9.36 Å². The average molecular weight is 413 g/mol.